The standard InChI is InChI=1S/C41H40N4O/c1-27(2)34-23-31(29-14-7-6-8-15-29)24-35(28(3)4)40(34)44-25-36(42-41(44)33-18-9-12-21-39(33)46)30-16-13-17-32(22-30)45-26-43(5)37-19-10-11-20-38(37)45/h6-25,27-28,46H,26H2,1-5H3. The number of para-hydroxylation sites is 3. The van der Waals surface area contributed by atoms with E-state index < -0.39 is 0 Å². The molecule has 5 aromatic carbocycles. The lowest BCUT2D eigenvalue weighted by Crippen LogP contribution is -2.23. The zero-order valence-corrected chi connectivity index (χ0v) is 27.1. The molecule has 0 unspecified atom stereocenters. The van der Waals surface area contributed by atoms with Crippen molar-refractivity contribution in [3.05, 3.63) is 133 Å². The molecular formula is C41H40N4O. The molecule has 5 nitrogen and oxygen atoms in total. The molecule has 7 rings (SSSR count). The van der Waals surface area contributed by atoms with Gasteiger partial charge in [0.1, 0.15) is 11.6 Å². The molecule has 0 fully saturated rings. The van der Waals surface area contributed by atoms with E-state index in [2.05, 4.69) is 146 Å². The molecule has 0 amide bonds. The van der Waals surface area contributed by atoms with Crippen molar-refractivity contribution in [3.63, 3.8) is 0 Å². The van der Waals surface area contributed by atoms with Crippen LogP contribution in [0.5, 0.6) is 5.75 Å². The lowest BCUT2D eigenvalue weighted by atomic mass is 9.88. The fraction of sp³-hybridized carbons (Fsp3) is 0.195. The van der Waals surface area contributed by atoms with E-state index in [4.69, 9.17) is 4.98 Å². The fourth-order valence-electron chi connectivity index (χ4n) is 6.61. The van der Waals surface area contributed by atoms with Crippen LogP contribution in [0, 0.1) is 0 Å². The molecule has 0 aliphatic carbocycles. The Hall–Kier alpha value is -5.29. The highest BCUT2D eigenvalue weighted by Crippen LogP contribution is 2.43. The Bertz CT molecular complexity index is 2000. The van der Waals surface area contributed by atoms with E-state index in [-0.39, 0.29) is 17.6 Å². The largest absolute Gasteiger partial charge is 0.507 e. The van der Waals surface area contributed by atoms with Gasteiger partial charge in [-0.05, 0) is 82.6 Å². The molecule has 6 aromatic rings. The first kappa shape index (κ1) is 29.4. The smallest absolute Gasteiger partial charge is 0.148 e. The molecule has 2 heterocycles. The monoisotopic (exact) mass is 604 g/mol. The Morgan fingerprint density at radius 1 is 0.652 bits per heavy atom. The molecule has 0 saturated heterocycles. The van der Waals surface area contributed by atoms with Crippen molar-refractivity contribution in [2.75, 3.05) is 23.5 Å². The van der Waals surface area contributed by atoms with Gasteiger partial charge in [-0.1, -0.05) is 94.4 Å². The van der Waals surface area contributed by atoms with E-state index in [9.17, 15) is 5.11 Å². The normalized spacial score (nSPS) is 12.8. The minimum atomic E-state index is 0.212. The zero-order valence-electron chi connectivity index (χ0n) is 27.1. The van der Waals surface area contributed by atoms with Gasteiger partial charge in [0.05, 0.1) is 35.0 Å². The van der Waals surface area contributed by atoms with Crippen LogP contribution < -0.4 is 9.80 Å². The van der Waals surface area contributed by atoms with E-state index in [1.165, 1.54) is 33.6 Å². The highest BCUT2D eigenvalue weighted by molar-refractivity contribution is 5.84. The van der Waals surface area contributed by atoms with Gasteiger partial charge in [-0.3, -0.25) is 4.57 Å². The summed E-state index contributed by atoms with van der Waals surface area (Å²) < 4.78 is 2.22. The van der Waals surface area contributed by atoms with Crippen molar-refractivity contribution in [1.29, 1.82) is 0 Å². The maximum absolute atomic E-state index is 11.1. The van der Waals surface area contributed by atoms with Gasteiger partial charge < -0.3 is 14.9 Å². The lowest BCUT2D eigenvalue weighted by molar-refractivity contribution is 0.477. The average Bonchev–Trinajstić information content (AvgIpc) is 3.66. The van der Waals surface area contributed by atoms with Gasteiger partial charge >= 0.3 is 0 Å². The summed E-state index contributed by atoms with van der Waals surface area (Å²) in [5.41, 5.74) is 12.2. The molecule has 5 heteroatoms. The molecule has 46 heavy (non-hydrogen) atoms. The van der Waals surface area contributed by atoms with Gasteiger partial charge in [0.15, 0.2) is 0 Å². The second-order valence-corrected chi connectivity index (χ2v) is 12.8. The van der Waals surface area contributed by atoms with Crippen LogP contribution in [0.1, 0.15) is 50.7 Å². The minimum Gasteiger partial charge on any atom is -0.507 e. The first-order valence-corrected chi connectivity index (χ1v) is 16.1. The highest BCUT2D eigenvalue weighted by Gasteiger charge is 2.26. The molecule has 230 valence electrons. The van der Waals surface area contributed by atoms with Crippen LogP contribution in [0.25, 0.3) is 39.5 Å². The molecule has 0 spiro atoms. The quantitative estimate of drug-likeness (QED) is 0.197. The number of fused-ring (bicyclic) bond motifs is 1. The molecule has 0 atom stereocenters. The average molecular weight is 605 g/mol. The number of aromatic nitrogens is 2. The van der Waals surface area contributed by atoms with Gasteiger partial charge in [0, 0.05) is 24.5 Å². The second kappa shape index (κ2) is 11.9. The summed E-state index contributed by atoms with van der Waals surface area (Å²) in [4.78, 5) is 9.88. The van der Waals surface area contributed by atoms with Crippen LogP contribution in [0.4, 0.5) is 17.1 Å². The van der Waals surface area contributed by atoms with Crippen LogP contribution in [0.3, 0.4) is 0 Å². The number of nitrogens with zero attached hydrogens (tertiary/aromatic N) is 4. The summed E-state index contributed by atoms with van der Waals surface area (Å²) in [6.45, 7) is 9.80. The Kier molecular flexibility index (Phi) is 7.61. The Morgan fingerprint density at radius 2 is 1.28 bits per heavy atom. The molecule has 1 aliphatic heterocycles. The Labute approximate surface area is 272 Å². The molecule has 1 aromatic heterocycles. The van der Waals surface area contributed by atoms with Gasteiger partial charge in [-0.15, -0.1) is 0 Å². The number of rotatable bonds is 7. The van der Waals surface area contributed by atoms with Crippen molar-refractivity contribution in [1.82, 2.24) is 9.55 Å². The number of phenols is 1. The van der Waals surface area contributed by atoms with Crippen LogP contribution >= 0.6 is 0 Å². The first-order valence-electron chi connectivity index (χ1n) is 16.1. The maximum atomic E-state index is 11.1. The third-order valence-corrected chi connectivity index (χ3v) is 9.00. The van der Waals surface area contributed by atoms with E-state index in [1.54, 1.807) is 6.07 Å². The van der Waals surface area contributed by atoms with Crippen LogP contribution in [-0.2, 0) is 0 Å². The van der Waals surface area contributed by atoms with E-state index in [0.717, 1.165) is 35.1 Å². The third-order valence-electron chi connectivity index (χ3n) is 9.00. The number of benzene rings is 5. The number of aromatic hydroxyl groups is 1. The Balaban J connectivity index is 1.43. The summed E-state index contributed by atoms with van der Waals surface area (Å²) in [6.07, 6.45) is 2.15. The number of imidazole rings is 1. The molecule has 0 bridgehead atoms. The lowest BCUT2D eigenvalue weighted by Gasteiger charge is -2.24. The van der Waals surface area contributed by atoms with E-state index >= 15 is 0 Å². The minimum absolute atomic E-state index is 0.212. The van der Waals surface area contributed by atoms with Crippen LogP contribution in [-0.4, -0.2) is 28.4 Å². The zero-order chi connectivity index (χ0) is 31.9. The van der Waals surface area contributed by atoms with Crippen LogP contribution in [0.2, 0.25) is 0 Å². The van der Waals surface area contributed by atoms with Gasteiger partial charge in [0.25, 0.3) is 0 Å². The highest BCUT2D eigenvalue weighted by atomic mass is 16.3. The predicted molar refractivity (Wildman–Crippen MR) is 192 cm³/mol. The second-order valence-electron chi connectivity index (χ2n) is 12.8. The topological polar surface area (TPSA) is 44.5 Å². The van der Waals surface area contributed by atoms with Crippen molar-refractivity contribution < 1.29 is 5.11 Å². The predicted octanol–water partition coefficient (Wildman–Crippen LogP) is 10.4. The summed E-state index contributed by atoms with van der Waals surface area (Å²) in [5.74, 6) is 1.45. The third kappa shape index (κ3) is 5.22. The number of hydrogen-bond donors (Lipinski definition) is 1. The van der Waals surface area contributed by atoms with E-state index in [1.807, 2.05) is 18.2 Å². The first-order chi connectivity index (χ1) is 22.3. The van der Waals surface area contributed by atoms with Gasteiger partial charge in [0.2, 0.25) is 0 Å². The van der Waals surface area contributed by atoms with Crippen molar-refractivity contribution in [2.24, 2.45) is 0 Å². The number of phenolic OH excluding ortho intramolecular Hbond substituents is 1. The molecule has 0 saturated carbocycles. The molecule has 1 N–H and O–H groups in total. The number of anilines is 3. The summed E-state index contributed by atoms with van der Waals surface area (Å²) in [6, 6.07) is 39.9. The summed E-state index contributed by atoms with van der Waals surface area (Å²) in [5, 5.41) is 11.1. The molecular weight excluding hydrogens is 564 g/mol. The molecule has 0 radical (unpaired) electrons. The van der Waals surface area contributed by atoms with Crippen molar-refractivity contribution in [2.45, 2.75) is 39.5 Å². The van der Waals surface area contributed by atoms with Gasteiger partial charge in [-0.2, -0.15) is 0 Å². The number of hydrogen-bond acceptors (Lipinski definition) is 4. The Morgan fingerprint density at radius 3 is 1.98 bits per heavy atom. The summed E-state index contributed by atoms with van der Waals surface area (Å²) in [7, 11) is 2.13. The molecule has 1 aliphatic rings. The van der Waals surface area contributed by atoms with Crippen LogP contribution in [0.15, 0.2) is 121 Å². The SMILES string of the molecule is CC(C)c1cc(-c2ccccc2)cc(C(C)C)c1-n1cc(-c2cccc(N3CN(C)c4ccccc43)c2)nc1-c1ccccc1O. The van der Waals surface area contributed by atoms with Gasteiger partial charge in [-0.25, -0.2) is 4.98 Å². The fourth-order valence-corrected chi connectivity index (χ4v) is 6.61. The van der Waals surface area contributed by atoms with Crippen molar-refractivity contribution >= 4 is 17.1 Å². The van der Waals surface area contributed by atoms with E-state index in [0.29, 0.717) is 5.56 Å². The van der Waals surface area contributed by atoms with Crippen molar-refractivity contribution in [3.8, 4) is 45.2 Å². The summed E-state index contributed by atoms with van der Waals surface area (Å²) >= 11 is 0. The maximum Gasteiger partial charge on any atom is 0.148 e.